The Hall–Kier alpha value is -2.18. The quantitative estimate of drug-likeness (QED) is 0.802. The van der Waals surface area contributed by atoms with Crippen LogP contribution in [0, 0.1) is 6.92 Å². The van der Waals surface area contributed by atoms with E-state index in [0.29, 0.717) is 17.6 Å². The molecule has 6 heteroatoms. The number of aromatic nitrogens is 1. The van der Waals surface area contributed by atoms with E-state index >= 15 is 0 Å². The summed E-state index contributed by atoms with van der Waals surface area (Å²) in [4.78, 5) is 31.9. The van der Waals surface area contributed by atoms with Crippen LogP contribution in [-0.2, 0) is 0 Å². The molecular weight excluding hydrogens is 316 g/mol. The number of H-pyrrole nitrogens is 1. The second kappa shape index (κ2) is 7.80. The third kappa shape index (κ3) is 4.46. The lowest BCUT2D eigenvalue weighted by Crippen LogP contribution is -2.45. The first kappa shape index (κ1) is 17.6. The lowest BCUT2D eigenvalue weighted by molar-refractivity contribution is 0.0951. The van der Waals surface area contributed by atoms with E-state index in [1.54, 1.807) is 0 Å². The van der Waals surface area contributed by atoms with Crippen molar-refractivity contribution in [1.29, 1.82) is 0 Å². The minimum Gasteiger partial charge on any atom is -0.352 e. The van der Waals surface area contributed by atoms with Crippen LogP contribution in [0.3, 0.4) is 0 Å². The maximum absolute atomic E-state index is 12.5. The topological polar surface area (TPSA) is 68.4 Å². The molecule has 25 heavy (non-hydrogen) atoms. The summed E-state index contributed by atoms with van der Waals surface area (Å²) >= 11 is 0. The molecule has 0 bridgehead atoms. The minimum absolute atomic E-state index is 0.180. The Morgan fingerprint density at radius 2 is 1.96 bits per heavy atom. The Balaban J connectivity index is 1.59. The predicted octanol–water partition coefficient (Wildman–Crippen LogP) is 1.20. The van der Waals surface area contributed by atoms with Gasteiger partial charge >= 0.3 is 0 Å². The van der Waals surface area contributed by atoms with Crippen molar-refractivity contribution in [2.45, 2.75) is 13.3 Å². The molecule has 3 rings (SSSR count). The van der Waals surface area contributed by atoms with Crippen LogP contribution >= 0.6 is 0 Å². The van der Waals surface area contributed by atoms with Crippen LogP contribution in [0.15, 0.2) is 29.1 Å². The molecule has 0 spiro atoms. The number of amides is 1. The van der Waals surface area contributed by atoms with Crippen molar-refractivity contribution in [1.82, 2.24) is 20.1 Å². The van der Waals surface area contributed by atoms with Crippen LogP contribution in [0.1, 0.15) is 22.3 Å². The predicted molar refractivity (Wildman–Crippen MR) is 100 cm³/mol. The van der Waals surface area contributed by atoms with E-state index in [1.165, 1.54) is 6.07 Å². The number of benzene rings is 1. The van der Waals surface area contributed by atoms with Gasteiger partial charge in [0.25, 0.3) is 5.91 Å². The molecular formula is C19H26N4O2. The van der Waals surface area contributed by atoms with Gasteiger partial charge in [-0.3, -0.25) is 9.59 Å². The Kier molecular flexibility index (Phi) is 5.50. The average molecular weight is 342 g/mol. The van der Waals surface area contributed by atoms with E-state index < -0.39 is 0 Å². The number of fused-ring (bicyclic) bond motifs is 1. The highest BCUT2D eigenvalue weighted by Crippen LogP contribution is 2.16. The molecule has 0 saturated carbocycles. The number of aromatic amines is 1. The van der Waals surface area contributed by atoms with Gasteiger partial charge in [-0.25, -0.2) is 0 Å². The van der Waals surface area contributed by atoms with Gasteiger partial charge in [-0.05, 0) is 39.1 Å². The molecule has 0 unspecified atom stereocenters. The number of likely N-dealkylation sites (N-methyl/N-ethyl adjacent to an activating group) is 1. The van der Waals surface area contributed by atoms with Crippen LogP contribution in [-0.4, -0.2) is 67.0 Å². The summed E-state index contributed by atoms with van der Waals surface area (Å²) in [5.41, 5.74) is 1.95. The van der Waals surface area contributed by atoms with Crippen LogP contribution in [0.5, 0.6) is 0 Å². The van der Waals surface area contributed by atoms with Gasteiger partial charge in [-0.15, -0.1) is 0 Å². The molecule has 1 aromatic heterocycles. The fraction of sp³-hybridized carbons (Fsp3) is 0.474. The molecule has 2 N–H and O–H groups in total. The molecule has 2 heterocycles. The summed E-state index contributed by atoms with van der Waals surface area (Å²) in [6.07, 6.45) is 0.912. The number of carbonyl (C=O) groups excluding carboxylic acids is 1. The highest BCUT2D eigenvalue weighted by Gasteiger charge is 2.14. The van der Waals surface area contributed by atoms with Crippen molar-refractivity contribution in [3.05, 3.63) is 45.7 Å². The first-order chi connectivity index (χ1) is 12.0. The lowest BCUT2D eigenvalue weighted by atomic mass is 10.1. The zero-order valence-electron chi connectivity index (χ0n) is 15.0. The molecule has 1 fully saturated rings. The third-order valence-corrected chi connectivity index (χ3v) is 4.78. The molecule has 2 aromatic rings. The molecule has 1 aliphatic heterocycles. The van der Waals surface area contributed by atoms with Gasteiger partial charge < -0.3 is 20.1 Å². The normalized spacial score (nSPS) is 16.2. The number of hydrogen-bond acceptors (Lipinski definition) is 4. The lowest BCUT2D eigenvalue weighted by Gasteiger charge is -2.32. The van der Waals surface area contributed by atoms with Crippen LogP contribution in [0.4, 0.5) is 0 Å². The van der Waals surface area contributed by atoms with Gasteiger partial charge in [-0.2, -0.15) is 0 Å². The summed E-state index contributed by atoms with van der Waals surface area (Å²) < 4.78 is 0. The highest BCUT2D eigenvalue weighted by atomic mass is 16.2. The molecule has 0 aliphatic carbocycles. The number of pyridine rings is 1. The molecule has 1 amide bonds. The fourth-order valence-corrected chi connectivity index (χ4v) is 3.23. The van der Waals surface area contributed by atoms with Crippen molar-refractivity contribution in [2.75, 3.05) is 46.3 Å². The van der Waals surface area contributed by atoms with Crippen LogP contribution in [0.2, 0.25) is 0 Å². The molecule has 134 valence electrons. The summed E-state index contributed by atoms with van der Waals surface area (Å²) in [7, 11) is 2.14. The summed E-state index contributed by atoms with van der Waals surface area (Å²) in [5, 5.41) is 3.75. The zero-order chi connectivity index (χ0) is 17.8. The van der Waals surface area contributed by atoms with Crippen LogP contribution in [0.25, 0.3) is 10.9 Å². The number of nitrogens with zero attached hydrogens (tertiary/aromatic N) is 2. The number of carbonyl (C=O) groups is 1. The summed E-state index contributed by atoms with van der Waals surface area (Å²) in [6, 6.07) is 7.09. The van der Waals surface area contributed by atoms with E-state index in [-0.39, 0.29) is 11.5 Å². The van der Waals surface area contributed by atoms with Gasteiger partial charge in [0.1, 0.15) is 0 Å². The maximum atomic E-state index is 12.5. The summed E-state index contributed by atoms with van der Waals surface area (Å²) in [5.74, 6) is -0.180. The van der Waals surface area contributed by atoms with E-state index in [4.69, 9.17) is 0 Å². The van der Waals surface area contributed by atoms with Crippen molar-refractivity contribution in [3.63, 3.8) is 0 Å². The van der Waals surface area contributed by atoms with Gasteiger partial charge in [0, 0.05) is 49.7 Å². The number of piperazine rings is 1. The maximum Gasteiger partial charge on any atom is 0.252 e. The molecule has 0 atom stereocenters. The van der Waals surface area contributed by atoms with Crippen molar-refractivity contribution < 1.29 is 4.79 Å². The Morgan fingerprint density at radius 1 is 1.20 bits per heavy atom. The highest BCUT2D eigenvalue weighted by molar-refractivity contribution is 6.06. The van der Waals surface area contributed by atoms with Gasteiger partial charge in [0.15, 0.2) is 0 Å². The molecule has 6 nitrogen and oxygen atoms in total. The number of hydrogen-bond donors (Lipinski definition) is 2. The average Bonchev–Trinajstić information content (AvgIpc) is 2.59. The van der Waals surface area contributed by atoms with Crippen molar-refractivity contribution in [3.8, 4) is 0 Å². The first-order valence-corrected chi connectivity index (χ1v) is 8.86. The van der Waals surface area contributed by atoms with E-state index in [2.05, 4.69) is 27.1 Å². The van der Waals surface area contributed by atoms with E-state index in [0.717, 1.165) is 50.1 Å². The number of aryl methyl sites for hydroxylation is 1. The Labute approximate surface area is 147 Å². The second-order valence-corrected chi connectivity index (χ2v) is 6.85. The minimum atomic E-state index is -0.251. The molecule has 1 aromatic carbocycles. The number of rotatable bonds is 5. The van der Waals surface area contributed by atoms with Gasteiger partial charge in [0.2, 0.25) is 5.56 Å². The molecule has 1 aliphatic rings. The Morgan fingerprint density at radius 3 is 2.72 bits per heavy atom. The van der Waals surface area contributed by atoms with Crippen LogP contribution < -0.4 is 10.9 Å². The smallest absolute Gasteiger partial charge is 0.252 e. The molecule has 0 radical (unpaired) electrons. The Bertz CT molecular complexity index is 807. The first-order valence-electron chi connectivity index (χ1n) is 8.86. The van der Waals surface area contributed by atoms with Crippen molar-refractivity contribution in [2.24, 2.45) is 0 Å². The summed E-state index contributed by atoms with van der Waals surface area (Å²) in [6.45, 7) is 7.96. The van der Waals surface area contributed by atoms with Gasteiger partial charge in [-0.1, -0.05) is 11.6 Å². The van der Waals surface area contributed by atoms with Crippen molar-refractivity contribution >= 4 is 16.8 Å². The SMILES string of the molecule is Cc1ccc2[nH]c(=O)cc(C(=O)NCCCN3CCN(C)CC3)c2c1. The zero-order valence-corrected chi connectivity index (χ0v) is 15.0. The van der Waals surface area contributed by atoms with E-state index in [1.807, 2.05) is 25.1 Å². The largest absolute Gasteiger partial charge is 0.352 e. The second-order valence-electron chi connectivity index (χ2n) is 6.85. The number of nitrogens with one attached hydrogen (secondary N) is 2. The monoisotopic (exact) mass is 342 g/mol. The molecule has 1 saturated heterocycles. The fourth-order valence-electron chi connectivity index (χ4n) is 3.23. The van der Waals surface area contributed by atoms with E-state index in [9.17, 15) is 9.59 Å². The standard InChI is InChI=1S/C19H26N4O2/c1-14-4-5-17-15(12-14)16(13-18(24)21-17)19(25)20-6-3-7-23-10-8-22(2)9-11-23/h4-5,12-13H,3,6-11H2,1-2H3,(H,20,25)(H,21,24). The third-order valence-electron chi connectivity index (χ3n) is 4.78. The van der Waals surface area contributed by atoms with Gasteiger partial charge in [0.05, 0.1) is 5.56 Å².